The van der Waals surface area contributed by atoms with Gasteiger partial charge < -0.3 is 11.1 Å². The number of rotatable bonds is 15. The van der Waals surface area contributed by atoms with Gasteiger partial charge in [0.15, 0.2) is 0 Å². The Morgan fingerprint density at radius 2 is 1.72 bits per heavy atom. The molecule has 0 aliphatic rings. The van der Waals surface area contributed by atoms with E-state index in [1.807, 2.05) is 0 Å². The molecular formula is C26H31FN4O10S2. The minimum absolute atomic E-state index is 0.149. The highest BCUT2D eigenvalue weighted by molar-refractivity contribution is 7.81. The van der Waals surface area contributed by atoms with E-state index in [-0.39, 0.29) is 25.0 Å². The van der Waals surface area contributed by atoms with Crippen molar-refractivity contribution in [2.45, 2.75) is 57.3 Å². The second-order valence-electron chi connectivity index (χ2n) is 10.4. The topological polar surface area (TPSA) is 225 Å². The maximum absolute atomic E-state index is 14.0. The predicted molar refractivity (Wildman–Crippen MR) is 151 cm³/mol. The number of nitrogens with two attached hydrogens (primary N) is 1. The number of nitrogens with one attached hydrogen (secondary N) is 1. The molecule has 1 aromatic heterocycles. The summed E-state index contributed by atoms with van der Waals surface area (Å²) in [4.78, 5) is 34.1. The monoisotopic (exact) mass is 642 g/mol. The summed E-state index contributed by atoms with van der Waals surface area (Å²) in [5, 5.41) is 2.58. The minimum atomic E-state index is -5.18. The van der Waals surface area contributed by atoms with Crippen molar-refractivity contribution in [2.24, 2.45) is 11.7 Å². The first-order valence-corrected chi connectivity index (χ1v) is 15.5. The Kier molecular flexibility index (Phi) is 10.9. The molecule has 0 spiro atoms. The number of hydrogen-bond acceptors (Lipinski definition) is 10. The second kappa shape index (κ2) is 13.8. The number of aromatic nitrogens is 2. The van der Waals surface area contributed by atoms with Crippen LogP contribution in [0.15, 0.2) is 54.7 Å². The lowest BCUT2D eigenvalue weighted by Gasteiger charge is -2.30. The lowest BCUT2D eigenvalue weighted by atomic mass is 9.87. The molecule has 2 amide bonds. The zero-order valence-corrected chi connectivity index (χ0v) is 24.7. The van der Waals surface area contributed by atoms with Gasteiger partial charge in [-0.05, 0) is 69.4 Å². The number of amides is 2. The van der Waals surface area contributed by atoms with E-state index in [0.717, 1.165) is 6.07 Å². The fourth-order valence-corrected chi connectivity index (χ4v) is 5.61. The first-order valence-electron chi connectivity index (χ1n) is 12.8. The van der Waals surface area contributed by atoms with Crippen molar-refractivity contribution >= 4 is 43.6 Å². The second-order valence-corrected chi connectivity index (χ2v) is 12.4. The molecule has 0 aliphatic carbocycles. The fraction of sp³-hybridized carbons (Fsp3) is 0.385. The van der Waals surface area contributed by atoms with Gasteiger partial charge in [-0.1, -0.05) is 24.3 Å². The third kappa shape index (κ3) is 11.2. The number of hydrogen-bond donors (Lipinski definition) is 4. The first kappa shape index (κ1) is 33.9. The molecule has 0 bridgehead atoms. The molecule has 3 unspecified atom stereocenters. The van der Waals surface area contributed by atoms with Crippen molar-refractivity contribution in [3.63, 3.8) is 0 Å². The summed E-state index contributed by atoms with van der Waals surface area (Å²) in [5.41, 5.74) is 5.11. The number of benzene rings is 2. The molecule has 0 saturated heterocycles. The van der Waals surface area contributed by atoms with Crippen molar-refractivity contribution in [1.82, 2.24) is 15.3 Å². The molecule has 0 fully saturated rings. The Bertz CT molecular complexity index is 1690. The molecular weight excluding hydrogens is 611 g/mol. The van der Waals surface area contributed by atoms with Crippen LogP contribution in [0.3, 0.4) is 0 Å². The molecule has 3 aromatic rings. The smallest absolute Gasteiger partial charge is 0.369 e. The lowest BCUT2D eigenvalue weighted by Crippen LogP contribution is -2.48. The third-order valence-corrected chi connectivity index (χ3v) is 7.53. The summed E-state index contributed by atoms with van der Waals surface area (Å²) in [6.07, 6.45) is -1.52. The molecule has 0 saturated carbocycles. The Balaban J connectivity index is 1.96. The standard InChI is InChI=1S/C26H31FN4O10S2/c1-26(2,41-43(37,38)39)11-10-17(24(28)32)14-23(40-42(34,35)36)21(13-16-6-5-7-18(27)12-16)31-25(33)22-15-29-19-8-3-4-9-20(19)30-22/h3-9,12,15,17,21,23H,10-11,13-14H2,1-2H3,(H2,28,32)(H,31,33)(H,34,35,36)(H,37,38,39). The highest BCUT2D eigenvalue weighted by Crippen LogP contribution is 2.27. The van der Waals surface area contributed by atoms with Gasteiger partial charge in [-0.2, -0.15) is 16.8 Å². The average molecular weight is 643 g/mol. The molecule has 234 valence electrons. The van der Waals surface area contributed by atoms with Crippen molar-refractivity contribution in [3.8, 4) is 0 Å². The molecule has 3 rings (SSSR count). The van der Waals surface area contributed by atoms with Crippen molar-refractivity contribution in [1.29, 1.82) is 0 Å². The van der Waals surface area contributed by atoms with Gasteiger partial charge in [0.1, 0.15) is 17.6 Å². The third-order valence-electron chi connectivity index (χ3n) is 6.38. The SMILES string of the molecule is CC(C)(CCC(CC(OS(=O)(=O)O)C(Cc1cccc(F)c1)NC(=O)c1cnc2ccccc2n1)C(N)=O)OS(=O)(=O)O. The van der Waals surface area contributed by atoms with E-state index in [0.29, 0.717) is 16.6 Å². The van der Waals surface area contributed by atoms with Crippen LogP contribution in [0.5, 0.6) is 0 Å². The number of para-hydroxylation sites is 2. The quantitative estimate of drug-likeness (QED) is 0.175. The van der Waals surface area contributed by atoms with Gasteiger partial charge >= 0.3 is 20.8 Å². The van der Waals surface area contributed by atoms with Crippen molar-refractivity contribution in [3.05, 3.63) is 71.8 Å². The summed E-state index contributed by atoms with van der Waals surface area (Å²) >= 11 is 0. The molecule has 17 heteroatoms. The summed E-state index contributed by atoms with van der Waals surface area (Å²) < 4.78 is 88.3. The number of primary amides is 1. The molecule has 2 aromatic carbocycles. The van der Waals surface area contributed by atoms with E-state index < -0.39 is 68.5 Å². The van der Waals surface area contributed by atoms with Crippen LogP contribution >= 0.6 is 0 Å². The molecule has 3 atom stereocenters. The van der Waals surface area contributed by atoms with Gasteiger partial charge in [-0.25, -0.2) is 17.7 Å². The van der Waals surface area contributed by atoms with Crippen LogP contribution in [0.4, 0.5) is 4.39 Å². The molecule has 14 nitrogen and oxygen atoms in total. The molecule has 5 N–H and O–H groups in total. The van der Waals surface area contributed by atoms with Crippen LogP contribution in [-0.4, -0.2) is 65.5 Å². The van der Waals surface area contributed by atoms with Crippen LogP contribution in [0, 0.1) is 11.7 Å². The van der Waals surface area contributed by atoms with Gasteiger partial charge in [0.25, 0.3) is 5.91 Å². The number of halogens is 1. The van der Waals surface area contributed by atoms with Crippen LogP contribution < -0.4 is 11.1 Å². The Labute approximate surface area is 247 Å². The first-order chi connectivity index (χ1) is 19.9. The Morgan fingerprint density at radius 3 is 2.33 bits per heavy atom. The summed E-state index contributed by atoms with van der Waals surface area (Å²) in [6, 6.07) is 10.6. The minimum Gasteiger partial charge on any atom is -0.369 e. The number of nitrogens with zero attached hydrogens (tertiary/aromatic N) is 2. The van der Waals surface area contributed by atoms with Gasteiger partial charge in [-0.3, -0.25) is 23.7 Å². The van der Waals surface area contributed by atoms with E-state index in [1.165, 1.54) is 38.2 Å². The maximum atomic E-state index is 14.0. The van der Waals surface area contributed by atoms with Crippen LogP contribution in [0.1, 0.15) is 49.2 Å². The molecule has 0 radical (unpaired) electrons. The zero-order chi connectivity index (χ0) is 32.0. The van der Waals surface area contributed by atoms with Gasteiger partial charge in [0.2, 0.25) is 5.91 Å². The van der Waals surface area contributed by atoms with E-state index in [4.69, 9.17) is 14.5 Å². The largest absolute Gasteiger partial charge is 0.397 e. The maximum Gasteiger partial charge on any atom is 0.397 e. The van der Waals surface area contributed by atoms with Crippen LogP contribution in [0.25, 0.3) is 11.0 Å². The highest BCUT2D eigenvalue weighted by atomic mass is 32.3. The van der Waals surface area contributed by atoms with Crippen molar-refractivity contribution in [2.75, 3.05) is 0 Å². The predicted octanol–water partition coefficient (Wildman–Crippen LogP) is 2.17. The van der Waals surface area contributed by atoms with E-state index in [9.17, 15) is 35.4 Å². The van der Waals surface area contributed by atoms with E-state index >= 15 is 0 Å². The Morgan fingerprint density at radius 1 is 1.05 bits per heavy atom. The summed E-state index contributed by atoms with van der Waals surface area (Å²) in [6.45, 7) is 2.64. The Hall–Kier alpha value is -3.61. The lowest BCUT2D eigenvalue weighted by molar-refractivity contribution is -0.123. The van der Waals surface area contributed by atoms with Gasteiger partial charge in [0, 0.05) is 5.92 Å². The van der Waals surface area contributed by atoms with Crippen molar-refractivity contribution < 1.29 is 48.3 Å². The number of carbonyl (C=O) groups is 2. The molecule has 1 heterocycles. The van der Waals surface area contributed by atoms with Gasteiger partial charge in [0.05, 0.1) is 28.9 Å². The van der Waals surface area contributed by atoms with Crippen LogP contribution in [-0.2, 0) is 40.4 Å². The summed E-state index contributed by atoms with van der Waals surface area (Å²) in [7, 11) is -10.0. The van der Waals surface area contributed by atoms with E-state index in [1.54, 1.807) is 24.3 Å². The van der Waals surface area contributed by atoms with Gasteiger partial charge in [-0.15, -0.1) is 0 Å². The number of carbonyl (C=O) groups excluding carboxylic acids is 2. The normalized spacial score (nSPS) is 14.6. The highest BCUT2D eigenvalue weighted by Gasteiger charge is 2.35. The van der Waals surface area contributed by atoms with Crippen LogP contribution in [0.2, 0.25) is 0 Å². The molecule has 43 heavy (non-hydrogen) atoms. The molecule has 0 aliphatic heterocycles. The fourth-order valence-electron chi connectivity index (χ4n) is 4.43. The number of fused-ring (bicyclic) bond motifs is 1. The van der Waals surface area contributed by atoms with E-state index in [2.05, 4.69) is 19.5 Å². The average Bonchev–Trinajstić information content (AvgIpc) is 2.87. The zero-order valence-electron chi connectivity index (χ0n) is 23.1. The summed E-state index contributed by atoms with van der Waals surface area (Å²) in [5.74, 6) is -3.58.